The number of hydrazine groups is 1. The maximum absolute atomic E-state index is 13.8. The highest BCUT2D eigenvalue weighted by Gasteiger charge is 2.14. The Kier molecular flexibility index (Phi) is 5.47. The highest BCUT2D eigenvalue weighted by atomic mass is 19.1. The van der Waals surface area contributed by atoms with Crippen LogP contribution in [-0.4, -0.2) is 7.11 Å². The van der Waals surface area contributed by atoms with Crippen molar-refractivity contribution in [2.75, 3.05) is 7.11 Å². The van der Waals surface area contributed by atoms with Crippen LogP contribution in [0.3, 0.4) is 0 Å². The van der Waals surface area contributed by atoms with E-state index in [0.717, 1.165) is 0 Å². The number of halogens is 1. The Bertz CT molecular complexity index is 423. The summed E-state index contributed by atoms with van der Waals surface area (Å²) in [5.74, 6) is 11.3. The molecule has 0 fully saturated rings. The Morgan fingerprint density at radius 3 is 2.82 bits per heavy atom. The van der Waals surface area contributed by atoms with Crippen molar-refractivity contribution in [3.05, 3.63) is 29.6 Å². The molecule has 92 valence electrons. The van der Waals surface area contributed by atoms with Crippen LogP contribution in [0.4, 0.5) is 4.39 Å². The summed E-state index contributed by atoms with van der Waals surface area (Å²) in [7, 11) is 1.50. The van der Waals surface area contributed by atoms with E-state index in [2.05, 4.69) is 17.3 Å². The Hall–Kier alpha value is -1.57. The van der Waals surface area contributed by atoms with Gasteiger partial charge < -0.3 is 4.74 Å². The minimum absolute atomic E-state index is 0.234. The van der Waals surface area contributed by atoms with Crippen molar-refractivity contribution in [1.82, 2.24) is 5.43 Å². The second-order valence-corrected chi connectivity index (χ2v) is 3.57. The van der Waals surface area contributed by atoms with E-state index >= 15 is 0 Å². The van der Waals surface area contributed by atoms with Crippen LogP contribution in [0.1, 0.15) is 31.4 Å². The molecule has 1 rings (SSSR count). The van der Waals surface area contributed by atoms with Crippen LogP contribution in [-0.2, 0) is 0 Å². The van der Waals surface area contributed by atoms with Gasteiger partial charge in [0.05, 0.1) is 7.11 Å². The molecule has 1 aromatic carbocycles. The fourth-order valence-electron chi connectivity index (χ4n) is 1.59. The molecule has 0 spiro atoms. The molecule has 17 heavy (non-hydrogen) atoms. The smallest absolute Gasteiger partial charge is 0.131 e. The molecule has 4 heteroatoms. The van der Waals surface area contributed by atoms with Gasteiger partial charge >= 0.3 is 0 Å². The summed E-state index contributed by atoms with van der Waals surface area (Å²) < 4.78 is 18.7. The molecule has 0 saturated heterocycles. The van der Waals surface area contributed by atoms with E-state index in [1.165, 1.54) is 13.2 Å². The predicted octanol–water partition coefficient (Wildman–Crippen LogP) is 2.14. The van der Waals surface area contributed by atoms with E-state index in [9.17, 15) is 4.39 Å². The highest BCUT2D eigenvalue weighted by molar-refractivity contribution is 5.30. The van der Waals surface area contributed by atoms with Gasteiger partial charge in [0.2, 0.25) is 0 Å². The van der Waals surface area contributed by atoms with Crippen LogP contribution < -0.4 is 16.0 Å². The van der Waals surface area contributed by atoms with E-state index in [1.54, 1.807) is 19.1 Å². The van der Waals surface area contributed by atoms with Gasteiger partial charge in [0.1, 0.15) is 11.6 Å². The number of rotatable bonds is 5. The van der Waals surface area contributed by atoms with Crippen molar-refractivity contribution in [2.45, 2.75) is 25.8 Å². The second kappa shape index (κ2) is 6.89. The van der Waals surface area contributed by atoms with Gasteiger partial charge in [-0.15, -0.1) is 11.8 Å². The van der Waals surface area contributed by atoms with Crippen molar-refractivity contribution in [3.63, 3.8) is 0 Å². The summed E-state index contributed by atoms with van der Waals surface area (Å²) in [5, 5.41) is 0. The lowest BCUT2D eigenvalue weighted by molar-refractivity contribution is 0.408. The largest absolute Gasteiger partial charge is 0.497 e. The van der Waals surface area contributed by atoms with Crippen molar-refractivity contribution in [2.24, 2.45) is 5.84 Å². The van der Waals surface area contributed by atoms with E-state index < -0.39 is 0 Å². The summed E-state index contributed by atoms with van der Waals surface area (Å²) in [6, 6.07) is 4.51. The van der Waals surface area contributed by atoms with Crippen molar-refractivity contribution in [3.8, 4) is 17.6 Å². The highest BCUT2D eigenvalue weighted by Crippen LogP contribution is 2.24. The first-order valence-corrected chi connectivity index (χ1v) is 5.42. The van der Waals surface area contributed by atoms with Gasteiger partial charge in [-0.05, 0) is 19.4 Å². The summed E-state index contributed by atoms with van der Waals surface area (Å²) in [4.78, 5) is 0. The van der Waals surface area contributed by atoms with Crippen LogP contribution in [0.15, 0.2) is 18.2 Å². The van der Waals surface area contributed by atoms with Crippen molar-refractivity contribution >= 4 is 0 Å². The van der Waals surface area contributed by atoms with Crippen LogP contribution >= 0.6 is 0 Å². The van der Waals surface area contributed by atoms with E-state index in [1.807, 2.05) is 0 Å². The van der Waals surface area contributed by atoms with E-state index in [-0.39, 0.29) is 11.9 Å². The Labute approximate surface area is 101 Å². The van der Waals surface area contributed by atoms with Crippen LogP contribution in [0.5, 0.6) is 5.75 Å². The first-order valence-electron chi connectivity index (χ1n) is 5.42. The number of nitrogens with one attached hydrogen (secondary N) is 1. The molecule has 1 aromatic rings. The quantitative estimate of drug-likeness (QED) is 0.468. The zero-order chi connectivity index (χ0) is 12.7. The molecule has 1 unspecified atom stereocenters. The molecule has 0 aromatic heterocycles. The maximum atomic E-state index is 13.8. The molecule has 0 radical (unpaired) electrons. The molecule has 0 aliphatic heterocycles. The molecule has 1 atom stereocenters. The molecule has 0 amide bonds. The summed E-state index contributed by atoms with van der Waals surface area (Å²) in [6.07, 6.45) is 1.34. The number of ether oxygens (including phenoxy) is 1. The Morgan fingerprint density at radius 2 is 2.29 bits per heavy atom. The fraction of sp³-hybridized carbons (Fsp3) is 0.385. The van der Waals surface area contributed by atoms with E-state index in [0.29, 0.717) is 24.2 Å². The number of hydrogen-bond acceptors (Lipinski definition) is 3. The summed E-state index contributed by atoms with van der Waals surface area (Å²) in [5.41, 5.74) is 3.14. The zero-order valence-electron chi connectivity index (χ0n) is 10.1. The minimum atomic E-state index is -0.322. The van der Waals surface area contributed by atoms with Crippen LogP contribution in [0.2, 0.25) is 0 Å². The zero-order valence-corrected chi connectivity index (χ0v) is 10.1. The van der Waals surface area contributed by atoms with Gasteiger partial charge in [-0.2, -0.15) is 0 Å². The molecule has 0 heterocycles. The predicted molar refractivity (Wildman–Crippen MR) is 65.7 cm³/mol. The number of nitrogens with two attached hydrogens (primary N) is 1. The molecule has 0 saturated carbocycles. The topological polar surface area (TPSA) is 47.3 Å². The van der Waals surface area contributed by atoms with E-state index in [4.69, 9.17) is 10.6 Å². The van der Waals surface area contributed by atoms with Gasteiger partial charge in [0, 0.05) is 24.1 Å². The molecular formula is C13H17FN2O. The molecule has 0 aliphatic rings. The average Bonchev–Trinajstić information content (AvgIpc) is 2.35. The maximum Gasteiger partial charge on any atom is 0.131 e. The minimum Gasteiger partial charge on any atom is -0.497 e. The van der Waals surface area contributed by atoms with Crippen LogP contribution in [0.25, 0.3) is 0 Å². The standard InChI is InChI=1S/C13H17FN2O/c1-3-4-5-6-13(16-15)11-8-7-10(17-2)9-12(11)14/h7-9,13,16H,5-6,15H2,1-2H3. The third kappa shape index (κ3) is 3.74. The summed E-state index contributed by atoms with van der Waals surface area (Å²) >= 11 is 0. The lowest BCUT2D eigenvalue weighted by Crippen LogP contribution is -2.28. The third-order valence-electron chi connectivity index (χ3n) is 2.52. The fourth-order valence-corrected chi connectivity index (χ4v) is 1.59. The van der Waals surface area contributed by atoms with Crippen molar-refractivity contribution < 1.29 is 9.13 Å². The number of hydrogen-bond donors (Lipinski definition) is 2. The SMILES string of the molecule is CC#CCCC(NN)c1ccc(OC)cc1F. The average molecular weight is 236 g/mol. The third-order valence-corrected chi connectivity index (χ3v) is 2.52. The monoisotopic (exact) mass is 236 g/mol. The molecule has 0 bridgehead atoms. The van der Waals surface area contributed by atoms with Gasteiger partial charge in [0.25, 0.3) is 0 Å². The first-order chi connectivity index (χ1) is 8.22. The first kappa shape index (κ1) is 13.5. The number of benzene rings is 1. The summed E-state index contributed by atoms with van der Waals surface area (Å²) in [6.45, 7) is 1.78. The lowest BCUT2D eigenvalue weighted by atomic mass is 10.0. The van der Waals surface area contributed by atoms with Crippen molar-refractivity contribution in [1.29, 1.82) is 0 Å². The van der Waals surface area contributed by atoms with Crippen LogP contribution in [0, 0.1) is 17.7 Å². The molecule has 3 N–H and O–H groups in total. The molecular weight excluding hydrogens is 219 g/mol. The normalized spacial score (nSPS) is 11.5. The van der Waals surface area contributed by atoms with Gasteiger partial charge in [-0.25, -0.2) is 4.39 Å². The molecule has 0 aliphatic carbocycles. The van der Waals surface area contributed by atoms with Gasteiger partial charge in [-0.3, -0.25) is 11.3 Å². The second-order valence-electron chi connectivity index (χ2n) is 3.57. The molecule has 3 nitrogen and oxygen atoms in total. The lowest BCUT2D eigenvalue weighted by Gasteiger charge is -2.16. The number of methoxy groups -OCH3 is 1. The Morgan fingerprint density at radius 1 is 1.53 bits per heavy atom. The Balaban J connectivity index is 2.83. The van der Waals surface area contributed by atoms with Gasteiger partial charge in [0.15, 0.2) is 0 Å². The van der Waals surface area contributed by atoms with Gasteiger partial charge in [-0.1, -0.05) is 6.07 Å².